The number of anilines is 1. The molecule has 0 bridgehead atoms. The van der Waals surface area contributed by atoms with E-state index in [-0.39, 0.29) is 11.0 Å². The summed E-state index contributed by atoms with van der Waals surface area (Å²) < 4.78 is 31.6. The van der Waals surface area contributed by atoms with Crippen molar-refractivity contribution in [2.45, 2.75) is 24.3 Å². The van der Waals surface area contributed by atoms with E-state index in [2.05, 4.69) is 4.98 Å². The van der Waals surface area contributed by atoms with E-state index in [4.69, 9.17) is 10.5 Å². The third kappa shape index (κ3) is 2.63. The van der Waals surface area contributed by atoms with Gasteiger partial charge in [0.15, 0.2) is 0 Å². The fourth-order valence-corrected chi connectivity index (χ4v) is 3.25. The van der Waals surface area contributed by atoms with E-state index in [0.29, 0.717) is 25.5 Å². The largest absolute Gasteiger partial charge is 0.384 e. The summed E-state index contributed by atoms with van der Waals surface area (Å²) in [5.41, 5.74) is 5.45. The summed E-state index contributed by atoms with van der Waals surface area (Å²) in [6, 6.07) is 2.97. The van der Waals surface area contributed by atoms with Gasteiger partial charge < -0.3 is 10.5 Å². The molecule has 1 aromatic rings. The number of nitrogens with zero attached hydrogens (tertiary/aromatic N) is 2. The quantitative estimate of drug-likeness (QED) is 0.863. The normalized spacial score (nSPS) is 21.9. The Bertz CT molecular complexity index is 501. The highest BCUT2D eigenvalue weighted by molar-refractivity contribution is 7.89. The van der Waals surface area contributed by atoms with Crippen LogP contribution in [0.3, 0.4) is 0 Å². The van der Waals surface area contributed by atoms with Crippen molar-refractivity contribution in [2.75, 3.05) is 25.4 Å². The molecule has 0 saturated carbocycles. The van der Waals surface area contributed by atoms with Gasteiger partial charge in [-0.1, -0.05) is 6.92 Å². The summed E-state index contributed by atoms with van der Waals surface area (Å²) in [5, 5.41) is 0. The molecule has 0 amide bonds. The molecule has 2 heterocycles. The standard InChI is InChI=1S/C11H17N3O3S/c1-2-9-8-14(5-6-17-9)18(15,16)10-3-4-11(12)13-7-10/h3-4,7,9H,2,5-6,8H2,1H3,(H2,12,13). The maximum absolute atomic E-state index is 12.3. The number of ether oxygens (including phenoxy) is 1. The average Bonchev–Trinajstić information content (AvgIpc) is 2.39. The second kappa shape index (κ2) is 5.21. The third-order valence-corrected chi connectivity index (χ3v) is 4.80. The van der Waals surface area contributed by atoms with Crippen LogP contribution in [0.5, 0.6) is 0 Å². The number of hydrogen-bond acceptors (Lipinski definition) is 5. The Kier molecular flexibility index (Phi) is 3.84. The Hall–Kier alpha value is -1.18. The van der Waals surface area contributed by atoms with Crippen LogP contribution in [0, 0.1) is 0 Å². The molecule has 1 aliphatic rings. The van der Waals surface area contributed by atoms with Gasteiger partial charge in [-0.25, -0.2) is 13.4 Å². The molecule has 18 heavy (non-hydrogen) atoms. The molecule has 0 radical (unpaired) electrons. The summed E-state index contributed by atoms with van der Waals surface area (Å²) in [4.78, 5) is 3.99. The number of nitrogen functional groups attached to an aromatic ring is 1. The fourth-order valence-electron chi connectivity index (χ4n) is 1.85. The first-order chi connectivity index (χ1) is 8.54. The predicted octanol–water partition coefficient (Wildman–Crippen LogP) is 0.463. The third-order valence-electron chi connectivity index (χ3n) is 2.95. The number of morpholine rings is 1. The Labute approximate surface area is 107 Å². The fraction of sp³-hybridized carbons (Fsp3) is 0.545. The molecular formula is C11H17N3O3S. The van der Waals surface area contributed by atoms with Crippen LogP contribution in [-0.2, 0) is 14.8 Å². The highest BCUT2D eigenvalue weighted by atomic mass is 32.2. The van der Waals surface area contributed by atoms with Crippen molar-refractivity contribution >= 4 is 15.8 Å². The highest BCUT2D eigenvalue weighted by Crippen LogP contribution is 2.19. The molecule has 1 fully saturated rings. The zero-order valence-electron chi connectivity index (χ0n) is 10.2. The molecule has 6 nitrogen and oxygen atoms in total. The lowest BCUT2D eigenvalue weighted by molar-refractivity contribution is -0.00278. The Morgan fingerprint density at radius 3 is 2.94 bits per heavy atom. The predicted molar refractivity (Wildman–Crippen MR) is 67.4 cm³/mol. The number of rotatable bonds is 3. The van der Waals surface area contributed by atoms with E-state index >= 15 is 0 Å². The second-order valence-electron chi connectivity index (χ2n) is 4.18. The van der Waals surface area contributed by atoms with E-state index < -0.39 is 10.0 Å². The van der Waals surface area contributed by atoms with E-state index in [1.807, 2.05) is 6.92 Å². The molecule has 2 N–H and O–H groups in total. The summed E-state index contributed by atoms with van der Waals surface area (Å²) in [6.07, 6.45) is 2.06. The van der Waals surface area contributed by atoms with Gasteiger partial charge in [-0.15, -0.1) is 0 Å². The number of pyridine rings is 1. The van der Waals surface area contributed by atoms with Crippen LogP contribution >= 0.6 is 0 Å². The lowest BCUT2D eigenvalue weighted by atomic mass is 10.2. The van der Waals surface area contributed by atoms with Crippen LogP contribution in [0.2, 0.25) is 0 Å². The minimum Gasteiger partial charge on any atom is -0.384 e. The highest BCUT2D eigenvalue weighted by Gasteiger charge is 2.30. The molecule has 2 rings (SSSR count). The minimum absolute atomic E-state index is 0.0322. The molecule has 100 valence electrons. The van der Waals surface area contributed by atoms with Crippen LogP contribution in [0.1, 0.15) is 13.3 Å². The van der Waals surface area contributed by atoms with Crippen molar-refractivity contribution in [3.63, 3.8) is 0 Å². The summed E-state index contributed by atoms with van der Waals surface area (Å²) in [7, 11) is -3.49. The van der Waals surface area contributed by atoms with E-state index in [0.717, 1.165) is 6.42 Å². The molecular weight excluding hydrogens is 254 g/mol. The van der Waals surface area contributed by atoms with Gasteiger partial charge in [0.1, 0.15) is 10.7 Å². The molecule has 1 saturated heterocycles. The van der Waals surface area contributed by atoms with Crippen LogP contribution in [0.4, 0.5) is 5.82 Å². The summed E-state index contributed by atoms with van der Waals surface area (Å²) in [6.45, 7) is 3.18. The van der Waals surface area contributed by atoms with Gasteiger partial charge in [0.05, 0.1) is 12.7 Å². The molecule has 1 unspecified atom stereocenters. The van der Waals surface area contributed by atoms with E-state index in [1.54, 1.807) is 0 Å². The van der Waals surface area contributed by atoms with E-state index in [9.17, 15) is 8.42 Å². The average molecular weight is 271 g/mol. The van der Waals surface area contributed by atoms with Crippen molar-refractivity contribution < 1.29 is 13.2 Å². The Morgan fingerprint density at radius 2 is 2.33 bits per heavy atom. The Balaban J connectivity index is 2.22. The van der Waals surface area contributed by atoms with Gasteiger partial charge in [-0.05, 0) is 18.6 Å². The van der Waals surface area contributed by atoms with Gasteiger partial charge in [-0.2, -0.15) is 4.31 Å². The first kappa shape index (κ1) is 13.3. The first-order valence-electron chi connectivity index (χ1n) is 5.87. The molecule has 1 atom stereocenters. The summed E-state index contributed by atoms with van der Waals surface area (Å²) in [5.74, 6) is 0.308. The molecule has 7 heteroatoms. The lowest BCUT2D eigenvalue weighted by Crippen LogP contribution is -2.45. The van der Waals surface area contributed by atoms with Gasteiger partial charge >= 0.3 is 0 Å². The molecule has 1 aliphatic heterocycles. The van der Waals surface area contributed by atoms with Crippen molar-refractivity contribution in [1.82, 2.24) is 9.29 Å². The smallest absolute Gasteiger partial charge is 0.244 e. The van der Waals surface area contributed by atoms with Gasteiger partial charge in [-0.3, -0.25) is 0 Å². The van der Waals surface area contributed by atoms with Gasteiger partial charge in [0, 0.05) is 19.3 Å². The topological polar surface area (TPSA) is 85.5 Å². The van der Waals surface area contributed by atoms with Gasteiger partial charge in [0.25, 0.3) is 0 Å². The number of nitrogens with two attached hydrogens (primary N) is 1. The van der Waals surface area contributed by atoms with Crippen LogP contribution in [0.25, 0.3) is 0 Å². The van der Waals surface area contributed by atoms with Gasteiger partial charge in [0.2, 0.25) is 10.0 Å². The number of hydrogen-bond donors (Lipinski definition) is 1. The van der Waals surface area contributed by atoms with Crippen molar-refractivity contribution in [2.24, 2.45) is 0 Å². The zero-order valence-corrected chi connectivity index (χ0v) is 11.1. The maximum Gasteiger partial charge on any atom is 0.244 e. The molecule has 1 aromatic heterocycles. The first-order valence-corrected chi connectivity index (χ1v) is 7.31. The number of sulfonamides is 1. The minimum atomic E-state index is -3.49. The number of aromatic nitrogens is 1. The molecule has 0 spiro atoms. The van der Waals surface area contributed by atoms with E-state index in [1.165, 1.54) is 22.6 Å². The lowest BCUT2D eigenvalue weighted by Gasteiger charge is -2.31. The van der Waals surface area contributed by atoms with Crippen molar-refractivity contribution in [3.8, 4) is 0 Å². The van der Waals surface area contributed by atoms with Crippen LogP contribution < -0.4 is 5.73 Å². The van der Waals surface area contributed by atoms with Crippen molar-refractivity contribution in [1.29, 1.82) is 0 Å². The monoisotopic (exact) mass is 271 g/mol. The maximum atomic E-state index is 12.3. The zero-order chi connectivity index (χ0) is 13.2. The van der Waals surface area contributed by atoms with Crippen molar-refractivity contribution in [3.05, 3.63) is 18.3 Å². The van der Waals surface area contributed by atoms with Crippen LogP contribution in [0.15, 0.2) is 23.2 Å². The Morgan fingerprint density at radius 1 is 1.56 bits per heavy atom. The van der Waals surface area contributed by atoms with Crippen LogP contribution in [-0.4, -0.2) is 43.5 Å². The molecule has 0 aromatic carbocycles. The summed E-state index contributed by atoms with van der Waals surface area (Å²) >= 11 is 0. The second-order valence-corrected chi connectivity index (χ2v) is 6.12. The molecule has 0 aliphatic carbocycles. The SMILES string of the molecule is CCC1CN(S(=O)(=O)c2ccc(N)nc2)CCO1.